The van der Waals surface area contributed by atoms with E-state index in [0.717, 1.165) is 30.0 Å². The molecule has 7 heteroatoms. The molecule has 2 aromatic heterocycles. The summed E-state index contributed by atoms with van der Waals surface area (Å²) in [6.45, 7) is 1.32. The second-order valence-electron chi connectivity index (χ2n) is 6.13. The Bertz CT molecular complexity index is 914. The molecule has 1 unspecified atom stereocenters. The second-order valence-corrected chi connectivity index (χ2v) is 7.07. The van der Waals surface area contributed by atoms with Crippen molar-refractivity contribution in [1.82, 2.24) is 19.7 Å². The number of carbonyl (C=O) groups is 1. The summed E-state index contributed by atoms with van der Waals surface area (Å²) in [6.07, 6.45) is 1.81. The van der Waals surface area contributed by atoms with E-state index in [1.54, 1.807) is 4.57 Å². The molecule has 1 fully saturated rings. The number of aromatic nitrogens is 3. The number of amides is 1. The molecule has 3 heterocycles. The van der Waals surface area contributed by atoms with Crippen molar-refractivity contribution in [1.29, 1.82) is 0 Å². The molecule has 1 aliphatic heterocycles. The van der Waals surface area contributed by atoms with Gasteiger partial charge in [0.2, 0.25) is 0 Å². The molecule has 1 aromatic carbocycles. The number of thiophene rings is 1. The van der Waals surface area contributed by atoms with Crippen molar-refractivity contribution in [2.45, 2.75) is 18.8 Å². The van der Waals surface area contributed by atoms with Crippen LogP contribution in [0.2, 0.25) is 0 Å². The average Bonchev–Trinajstić information content (AvgIpc) is 3.32. The highest BCUT2D eigenvalue weighted by Crippen LogP contribution is 2.27. The number of aromatic amines is 1. The maximum atomic E-state index is 12.6. The Morgan fingerprint density at radius 1 is 1.20 bits per heavy atom. The van der Waals surface area contributed by atoms with E-state index in [-0.39, 0.29) is 17.5 Å². The second kappa shape index (κ2) is 6.68. The van der Waals surface area contributed by atoms with Crippen molar-refractivity contribution in [2.24, 2.45) is 0 Å². The zero-order chi connectivity index (χ0) is 17.2. The van der Waals surface area contributed by atoms with Gasteiger partial charge < -0.3 is 4.90 Å². The first-order valence-corrected chi connectivity index (χ1v) is 9.17. The van der Waals surface area contributed by atoms with Gasteiger partial charge in [0.05, 0.1) is 10.6 Å². The molecule has 0 radical (unpaired) electrons. The molecule has 0 spiro atoms. The fourth-order valence-corrected chi connectivity index (χ4v) is 4.03. The number of nitrogens with one attached hydrogen (secondary N) is 1. The van der Waals surface area contributed by atoms with Crippen molar-refractivity contribution in [3.05, 3.63) is 69.0 Å². The molecule has 0 saturated carbocycles. The summed E-state index contributed by atoms with van der Waals surface area (Å²) in [5, 5.41) is 8.74. The third-order valence-electron chi connectivity index (χ3n) is 4.52. The van der Waals surface area contributed by atoms with Gasteiger partial charge in [-0.05, 0) is 36.4 Å². The average molecular weight is 354 g/mol. The summed E-state index contributed by atoms with van der Waals surface area (Å²) in [4.78, 5) is 27.5. The highest BCUT2D eigenvalue weighted by molar-refractivity contribution is 7.12. The number of hydrogen-bond donors (Lipinski definition) is 1. The topological polar surface area (TPSA) is 71.0 Å². The normalized spacial score (nSPS) is 17.6. The number of H-pyrrole nitrogens is 1. The predicted molar refractivity (Wildman–Crippen MR) is 96.4 cm³/mol. The van der Waals surface area contributed by atoms with Crippen LogP contribution in [0.1, 0.15) is 34.3 Å². The number of benzene rings is 1. The predicted octanol–water partition coefficient (Wildman–Crippen LogP) is 2.64. The number of para-hydroxylation sites is 1. The van der Waals surface area contributed by atoms with E-state index in [9.17, 15) is 9.59 Å². The van der Waals surface area contributed by atoms with Crippen molar-refractivity contribution >= 4 is 17.2 Å². The van der Waals surface area contributed by atoms with Gasteiger partial charge in [0.1, 0.15) is 5.82 Å². The van der Waals surface area contributed by atoms with Crippen LogP contribution in [-0.2, 0) is 0 Å². The van der Waals surface area contributed by atoms with Crippen LogP contribution < -0.4 is 5.69 Å². The molecular formula is C18H18N4O2S. The van der Waals surface area contributed by atoms with Crippen LogP contribution in [-0.4, -0.2) is 38.7 Å². The number of hydrogen-bond acceptors (Lipinski definition) is 4. The van der Waals surface area contributed by atoms with Crippen LogP contribution in [0, 0.1) is 0 Å². The van der Waals surface area contributed by atoms with Gasteiger partial charge in [-0.25, -0.2) is 14.5 Å². The molecule has 6 nitrogen and oxygen atoms in total. The van der Waals surface area contributed by atoms with E-state index < -0.39 is 0 Å². The maximum Gasteiger partial charge on any atom is 0.347 e. The Kier molecular flexibility index (Phi) is 4.23. The molecule has 1 atom stereocenters. The minimum Gasteiger partial charge on any atom is -0.337 e. The fourth-order valence-electron chi connectivity index (χ4n) is 3.34. The quantitative estimate of drug-likeness (QED) is 0.786. The van der Waals surface area contributed by atoms with Gasteiger partial charge in [0, 0.05) is 19.0 Å². The Labute approximate surface area is 148 Å². The van der Waals surface area contributed by atoms with Gasteiger partial charge in [0.15, 0.2) is 0 Å². The van der Waals surface area contributed by atoms with Crippen molar-refractivity contribution < 1.29 is 4.79 Å². The van der Waals surface area contributed by atoms with E-state index >= 15 is 0 Å². The zero-order valence-corrected chi connectivity index (χ0v) is 14.4. The first-order valence-electron chi connectivity index (χ1n) is 8.29. The SMILES string of the molecule is O=C(c1cccs1)N1CCCC(c2n[nH]c(=O)n2-c2ccccc2)C1. The third-order valence-corrected chi connectivity index (χ3v) is 5.38. The Morgan fingerprint density at radius 2 is 2.04 bits per heavy atom. The number of nitrogens with zero attached hydrogens (tertiary/aromatic N) is 3. The summed E-state index contributed by atoms with van der Waals surface area (Å²) in [6, 6.07) is 13.2. The maximum absolute atomic E-state index is 12.6. The largest absolute Gasteiger partial charge is 0.347 e. The number of carbonyl (C=O) groups excluding carboxylic acids is 1. The lowest BCUT2D eigenvalue weighted by molar-refractivity contribution is 0.0709. The number of rotatable bonds is 3. The number of likely N-dealkylation sites (tertiary alicyclic amines) is 1. The molecule has 1 N–H and O–H groups in total. The smallest absolute Gasteiger partial charge is 0.337 e. The molecule has 128 valence electrons. The standard InChI is InChI=1S/C18H18N4O2S/c23-17(15-9-5-11-25-15)21-10-4-6-13(12-21)16-19-20-18(24)22(16)14-7-2-1-3-8-14/h1-3,5,7-9,11,13H,4,6,10,12H2,(H,20,24). The van der Waals surface area contributed by atoms with E-state index in [1.165, 1.54) is 11.3 Å². The van der Waals surface area contributed by atoms with Gasteiger partial charge in [0.25, 0.3) is 5.91 Å². The van der Waals surface area contributed by atoms with Crippen LogP contribution in [0.15, 0.2) is 52.6 Å². The molecule has 1 aliphatic rings. The van der Waals surface area contributed by atoms with Crippen LogP contribution in [0.3, 0.4) is 0 Å². The lowest BCUT2D eigenvalue weighted by Crippen LogP contribution is -2.39. The minimum absolute atomic E-state index is 0.0387. The van der Waals surface area contributed by atoms with Crippen LogP contribution >= 0.6 is 11.3 Å². The first kappa shape index (κ1) is 15.8. The summed E-state index contributed by atoms with van der Waals surface area (Å²) in [7, 11) is 0. The van der Waals surface area contributed by atoms with Gasteiger partial charge in [-0.3, -0.25) is 4.79 Å². The van der Waals surface area contributed by atoms with Crippen LogP contribution in [0.4, 0.5) is 0 Å². The highest BCUT2D eigenvalue weighted by atomic mass is 32.1. The molecular weight excluding hydrogens is 336 g/mol. The summed E-state index contributed by atoms with van der Waals surface area (Å²) in [5.41, 5.74) is 0.542. The zero-order valence-electron chi connectivity index (χ0n) is 13.6. The molecule has 1 amide bonds. The highest BCUT2D eigenvalue weighted by Gasteiger charge is 2.29. The van der Waals surface area contributed by atoms with Gasteiger partial charge in [-0.1, -0.05) is 24.3 Å². The molecule has 0 bridgehead atoms. The summed E-state index contributed by atoms with van der Waals surface area (Å²) >= 11 is 1.46. The third kappa shape index (κ3) is 3.02. The first-order chi connectivity index (χ1) is 12.2. The van der Waals surface area contributed by atoms with Gasteiger partial charge in [-0.15, -0.1) is 11.3 Å². The summed E-state index contributed by atoms with van der Waals surface area (Å²) < 4.78 is 1.61. The molecule has 25 heavy (non-hydrogen) atoms. The van der Waals surface area contributed by atoms with Crippen molar-refractivity contribution in [3.8, 4) is 5.69 Å². The molecule has 0 aliphatic carbocycles. The van der Waals surface area contributed by atoms with Gasteiger partial charge in [-0.2, -0.15) is 5.10 Å². The van der Waals surface area contributed by atoms with E-state index in [2.05, 4.69) is 10.2 Å². The van der Waals surface area contributed by atoms with Crippen molar-refractivity contribution in [2.75, 3.05) is 13.1 Å². The Morgan fingerprint density at radius 3 is 2.80 bits per heavy atom. The monoisotopic (exact) mass is 354 g/mol. The van der Waals surface area contributed by atoms with Crippen molar-refractivity contribution in [3.63, 3.8) is 0 Å². The van der Waals surface area contributed by atoms with Gasteiger partial charge >= 0.3 is 5.69 Å². The van der Waals surface area contributed by atoms with Crippen LogP contribution in [0.25, 0.3) is 5.69 Å². The van der Waals surface area contributed by atoms with E-state index in [4.69, 9.17) is 0 Å². The summed E-state index contributed by atoms with van der Waals surface area (Å²) in [5.74, 6) is 0.792. The molecule has 1 saturated heterocycles. The lowest BCUT2D eigenvalue weighted by atomic mass is 9.97. The molecule has 4 rings (SSSR count). The molecule has 3 aromatic rings. The van der Waals surface area contributed by atoms with E-state index in [0.29, 0.717) is 12.4 Å². The Hall–Kier alpha value is -2.67. The Balaban J connectivity index is 1.63. The fraction of sp³-hybridized carbons (Fsp3) is 0.278. The minimum atomic E-state index is -0.247. The van der Waals surface area contributed by atoms with Crippen LogP contribution in [0.5, 0.6) is 0 Å². The lowest BCUT2D eigenvalue weighted by Gasteiger charge is -2.32. The van der Waals surface area contributed by atoms with E-state index in [1.807, 2.05) is 52.7 Å². The number of piperidine rings is 1.